The molecule has 16 heteroatoms. The Morgan fingerprint density at radius 2 is 0.803 bits per heavy atom. The Kier molecular flexibility index (Phi) is 40.0. The summed E-state index contributed by atoms with van der Waals surface area (Å²) < 4.78 is 39.4. The SMILES string of the molecule is CCCCCCCCC(=O)OCC(COC(=O)CCCCCCC)CC(=O)OC[C@@H]1C[C@@H](OC(=O)CC(COC(=O)CCCCCCCC)COC(=O)CCCCCCCC)CN1C(=O)OCCN(C)C. The first-order chi connectivity index (χ1) is 34.3. The van der Waals surface area contributed by atoms with Gasteiger partial charge in [0.2, 0.25) is 0 Å². The van der Waals surface area contributed by atoms with Crippen LogP contribution in [0, 0.1) is 11.8 Å². The molecule has 0 spiro atoms. The zero-order chi connectivity index (χ0) is 52.3. The monoisotopic (exact) mass is 1010 g/mol. The third-order valence-corrected chi connectivity index (χ3v) is 12.6. The fourth-order valence-corrected chi connectivity index (χ4v) is 8.18. The van der Waals surface area contributed by atoms with Crippen LogP contribution >= 0.6 is 0 Å². The molecule has 0 N–H and O–H groups in total. The average Bonchev–Trinajstić information content (AvgIpc) is 3.75. The summed E-state index contributed by atoms with van der Waals surface area (Å²) in [6, 6.07) is -0.704. The van der Waals surface area contributed by atoms with Crippen molar-refractivity contribution in [2.45, 2.75) is 232 Å². The molecule has 71 heavy (non-hydrogen) atoms. The van der Waals surface area contributed by atoms with Gasteiger partial charge in [-0.05, 0) is 39.8 Å². The van der Waals surface area contributed by atoms with E-state index in [1.54, 1.807) is 0 Å². The molecule has 16 nitrogen and oxygen atoms in total. The van der Waals surface area contributed by atoms with Gasteiger partial charge in [-0.25, -0.2) is 4.79 Å². The number of amides is 1. The van der Waals surface area contributed by atoms with Crippen LogP contribution in [0.2, 0.25) is 0 Å². The number of likely N-dealkylation sites (N-methyl/N-ethyl adjacent to an activating group) is 1. The Labute approximate surface area is 428 Å². The Morgan fingerprint density at radius 3 is 1.17 bits per heavy atom. The highest BCUT2D eigenvalue weighted by Crippen LogP contribution is 2.24. The lowest BCUT2D eigenvalue weighted by Gasteiger charge is -2.24. The van der Waals surface area contributed by atoms with Gasteiger partial charge in [-0.15, -0.1) is 0 Å². The van der Waals surface area contributed by atoms with E-state index in [1.807, 2.05) is 19.0 Å². The molecule has 0 aromatic heterocycles. The van der Waals surface area contributed by atoms with Crippen LogP contribution in [0.3, 0.4) is 0 Å². The predicted molar refractivity (Wildman–Crippen MR) is 273 cm³/mol. The van der Waals surface area contributed by atoms with Crippen LogP contribution in [0.5, 0.6) is 0 Å². The van der Waals surface area contributed by atoms with E-state index < -0.39 is 42.0 Å². The number of carbonyl (C=O) groups is 7. The highest BCUT2D eigenvalue weighted by molar-refractivity contribution is 5.73. The molecule has 0 aromatic rings. The topological polar surface area (TPSA) is 191 Å². The zero-order valence-electron chi connectivity index (χ0n) is 45.3. The molecule has 0 saturated carbocycles. The molecule has 1 aliphatic rings. The summed E-state index contributed by atoms with van der Waals surface area (Å²) in [4.78, 5) is 94.3. The molecule has 0 radical (unpaired) electrons. The van der Waals surface area contributed by atoms with Crippen molar-refractivity contribution in [3.05, 3.63) is 0 Å². The van der Waals surface area contributed by atoms with Gasteiger partial charge in [0.25, 0.3) is 0 Å². The third-order valence-electron chi connectivity index (χ3n) is 12.6. The molecular weight excluding hydrogens is 913 g/mol. The normalized spacial score (nSPS) is 14.8. The predicted octanol–water partition coefficient (Wildman–Crippen LogP) is 11.0. The van der Waals surface area contributed by atoms with Gasteiger partial charge >= 0.3 is 41.9 Å². The fourth-order valence-electron chi connectivity index (χ4n) is 8.18. The quantitative estimate of drug-likeness (QED) is 0.0318. The van der Waals surface area contributed by atoms with E-state index in [0.717, 1.165) is 122 Å². The van der Waals surface area contributed by atoms with Crippen LogP contribution in [0.25, 0.3) is 0 Å². The maximum absolute atomic E-state index is 13.5. The van der Waals surface area contributed by atoms with Gasteiger partial charge in [0.1, 0.15) is 19.3 Å². The number of rotatable bonds is 45. The number of unbranched alkanes of at least 4 members (excludes halogenated alkanes) is 19. The minimum Gasteiger partial charge on any atom is -0.465 e. The van der Waals surface area contributed by atoms with E-state index in [1.165, 1.54) is 4.90 Å². The lowest BCUT2D eigenvalue weighted by Crippen LogP contribution is -2.40. The van der Waals surface area contributed by atoms with Crippen LogP contribution < -0.4 is 0 Å². The van der Waals surface area contributed by atoms with Crippen LogP contribution in [-0.2, 0) is 61.9 Å². The molecule has 0 bridgehead atoms. The minimum absolute atomic E-state index is 0.0223. The van der Waals surface area contributed by atoms with Crippen molar-refractivity contribution in [1.29, 1.82) is 0 Å². The second kappa shape index (κ2) is 43.6. The van der Waals surface area contributed by atoms with Crippen LogP contribution in [0.1, 0.15) is 220 Å². The fraction of sp³-hybridized carbons (Fsp3) is 0.873. The van der Waals surface area contributed by atoms with E-state index in [4.69, 9.17) is 33.2 Å². The van der Waals surface area contributed by atoms with Gasteiger partial charge in [0.15, 0.2) is 0 Å². The maximum Gasteiger partial charge on any atom is 0.410 e. The van der Waals surface area contributed by atoms with Crippen molar-refractivity contribution in [3.63, 3.8) is 0 Å². The first-order valence-corrected chi connectivity index (χ1v) is 27.9. The van der Waals surface area contributed by atoms with Crippen molar-refractivity contribution in [3.8, 4) is 0 Å². The third kappa shape index (κ3) is 36.6. The van der Waals surface area contributed by atoms with Gasteiger partial charge in [-0.3, -0.25) is 33.7 Å². The Morgan fingerprint density at radius 1 is 0.451 bits per heavy atom. The summed E-state index contributed by atoms with van der Waals surface area (Å²) in [6.07, 6.45) is 22.5. The van der Waals surface area contributed by atoms with Crippen molar-refractivity contribution in [2.24, 2.45) is 11.8 Å². The standard InChI is InChI=1S/C55H98N2O14/c1-7-11-15-19-23-27-31-50(59)67-41-45(40-66-49(58)30-26-22-18-14-10-4)36-53(62)70-44-47-38-48(39-57(47)55(64)65-35-34-56(5)6)71-54(63)37-46(42-68-51(60)32-28-24-20-16-12-8-2)43-69-52(61)33-29-25-21-17-13-9-3/h45-48H,7-44H2,1-6H3/t45?,47-,48+/m0/s1. The Hall–Kier alpha value is -3.95. The van der Waals surface area contributed by atoms with Crippen molar-refractivity contribution >= 4 is 41.9 Å². The van der Waals surface area contributed by atoms with Crippen molar-refractivity contribution in [1.82, 2.24) is 9.80 Å². The molecular formula is C55H98N2O14. The molecule has 412 valence electrons. The summed E-state index contributed by atoms with van der Waals surface area (Å²) >= 11 is 0. The summed E-state index contributed by atoms with van der Waals surface area (Å²) in [5.41, 5.74) is 0. The number of esters is 6. The number of likely N-dealkylation sites (tertiary alicyclic amines) is 1. The van der Waals surface area contributed by atoms with E-state index in [2.05, 4.69) is 27.7 Å². The first-order valence-electron chi connectivity index (χ1n) is 27.9. The minimum atomic E-state index is -0.779. The van der Waals surface area contributed by atoms with Gasteiger partial charge in [0, 0.05) is 50.5 Å². The van der Waals surface area contributed by atoms with Crippen molar-refractivity contribution in [2.75, 3.05) is 66.8 Å². The number of carbonyl (C=O) groups excluding carboxylic acids is 7. The zero-order valence-corrected chi connectivity index (χ0v) is 45.3. The highest BCUT2D eigenvalue weighted by Gasteiger charge is 2.39. The van der Waals surface area contributed by atoms with Gasteiger partial charge in [-0.2, -0.15) is 0 Å². The molecule has 1 unspecified atom stereocenters. The van der Waals surface area contributed by atoms with E-state index in [-0.39, 0.29) is 115 Å². The lowest BCUT2D eigenvalue weighted by atomic mass is 10.1. The van der Waals surface area contributed by atoms with Crippen LogP contribution in [-0.4, -0.2) is 131 Å². The lowest BCUT2D eigenvalue weighted by molar-refractivity contribution is -0.157. The molecule has 1 rings (SSSR count). The molecule has 0 aromatic carbocycles. The molecule has 1 amide bonds. The second-order valence-corrected chi connectivity index (χ2v) is 19.8. The summed E-state index contributed by atoms with van der Waals surface area (Å²) in [5.74, 6) is -4.08. The summed E-state index contributed by atoms with van der Waals surface area (Å²) in [6.45, 7) is 8.39. The average molecular weight is 1010 g/mol. The first kappa shape index (κ1) is 65.1. The molecule has 3 atom stereocenters. The van der Waals surface area contributed by atoms with Crippen LogP contribution in [0.4, 0.5) is 4.79 Å². The molecule has 1 aliphatic heterocycles. The number of hydrogen-bond acceptors (Lipinski definition) is 15. The Balaban J connectivity index is 3.01. The number of nitrogens with zero attached hydrogens (tertiary/aromatic N) is 2. The summed E-state index contributed by atoms with van der Waals surface area (Å²) in [5, 5.41) is 0. The largest absolute Gasteiger partial charge is 0.465 e. The van der Waals surface area contributed by atoms with Crippen LogP contribution in [0.15, 0.2) is 0 Å². The summed E-state index contributed by atoms with van der Waals surface area (Å²) in [7, 11) is 3.70. The Bertz CT molecular complexity index is 1410. The van der Waals surface area contributed by atoms with Gasteiger partial charge in [-0.1, -0.05) is 150 Å². The molecule has 1 heterocycles. The van der Waals surface area contributed by atoms with E-state index in [0.29, 0.717) is 32.2 Å². The molecule has 1 fully saturated rings. The molecule has 0 aliphatic carbocycles. The van der Waals surface area contributed by atoms with Gasteiger partial charge < -0.3 is 38.1 Å². The van der Waals surface area contributed by atoms with Gasteiger partial charge in [0.05, 0.1) is 51.9 Å². The smallest absolute Gasteiger partial charge is 0.410 e. The number of ether oxygens (including phenoxy) is 7. The highest BCUT2D eigenvalue weighted by atomic mass is 16.6. The van der Waals surface area contributed by atoms with Crippen molar-refractivity contribution < 1.29 is 66.7 Å². The second-order valence-electron chi connectivity index (χ2n) is 19.8. The molecule has 1 saturated heterocycles. The maximum atomic E-state index is 13.5. The van der Waals surface area contributed by atoms with E-state index in [9.17, 15) is 33.6 Å². The van der Waals surface area contributed by atoms with E-state index >= 15 is 0 Å². The number of hydrogen-bond donors (Lipinski definition) is 0.